The molecular formula is C13H16N4O. The zero-order valence-corrected chi connectivity index (χ0v) is 10.2. The molecule has 0 bridgehead atoms. The number of hydrogen-bond acceptors (Lipinski definition) is 3. The number of likely N-dealkylation sites (tertiary alicyclic amines) is 1. The van der Waals surface area contributed by atoms with Gasteiger partial charge in [0.15, 0.2) is 0 Å². The van der Waals surface area contributed by atoms with Crippen LogP contribution in [0, 0.1) is 0 Å². The maximum absolute atomic E-state index is 12.4. The summed E-state index contributed by atoms with van der Waals surface area (Å²) in [5.74, 6) is 0.113. The van der Waals surface area contributed by atoms with E-state index in [9.17, 15) is 4.79 Å². The maximum atomic E-state index is 12.4. The predicted octanol–water partition coefficient (Wildman–Crippen LogP) is 1.97. The molecule has 1 aromatic carbocycles. The second-order valence-electron chi connectivity index (χ2n) is 4.73. The van der Waals surface area contributed by atoms with Crippen LogP contribution in [0.25, 0.3) is 11.0 Å². The molecule has 3 rings (SSSR count). The second kappa shape index (κ2) is 4.76. The van der Waals surface area contributed by atoms with Gasteiger partial charge in [-0.3, -0.25) is 4.79 Å². The highest BCUT2D eigenvalue weighted by Gasteiger charge is 2.17. The molecule has 1 saturated heterocycles. The van der Waals surface area contributed by atoms with E-state index >= 15 is 0 Å². The van der Waals surface area contributed by atoms with Crippen molar-refractivity contribution in [1.82, 2.24) is 20.3 Å². The Balaban J connectivity index is 1.85. The number of amides is 1. The molecule has 0 aliphatic carbocycles. The van der Waals surface area contributed by atoms with Crippen LogP contribution < -0.4 is 0 Å². The molecule has 1 aromatic heterocycles. The largest absolute Gasteiger partial charge is 0.339 e. The molecular weight excluding hydrogens is 228 g/mol. The molecule has 1 aliphatic rings. The number of hydrogen-bond donors (Lipinski definition) is 1. The highest BCUT2D eigenvalue weighted by molar-refractivity contribution is 5.97. The average molecular weight is 244 g/mol. The summed E-state index contributed by atoms with van der Waals surface area (Å²) in [5, 5.41) is 10.6. The van der Waals surface area contributed by atoms with E-state index < -0.39 is 0 Å². The first-order valence-electron chi connectivity index (χ1n) is 6.44. The minimum Gasteiger partial charge on any atom is -0.339 e. The monoisotopic (exact) mass is 244 g/mol. The summed E-state index contributed by atoms with van der Waals surface area (Å²) in [4.78, 5) is 14.3. The zero-order chi connectivity index (χ0) is 12.4. The first kappa shape index (κ1) is 11.2. The van der Waals surface area contributed by atoms with Crippen molar-refractivity contribution < 1.29 is 4.79 Å². The lowest BCUT2D eigenvalue weighted by Crippen LogP contribution is -2.31. The first-order chi connectivity index (χ1) is 8.84. The highest BCUT2D eigenvalue weighted by atomic mass is 16.2. The number of fused-ring (bicyclic) bond motifs is 1. The van der Waals surface area contributed by atoms with Gasteiger partial charge in [0.25, 0.3) is 5.91 Å². The van der Waals surface area contributed by atoms with Crippen LogP contribution in [0.15, 0.2) is 18.2 Å². The van der Waals surface area contributed by atoms with Gasteiger partial charge < -0.3 is 4.90 Å². The number of rotatable bonds is 1. The van der Waals surface area contributed by atoms with E-state index in [0.29, 0.717) is 5.56 Å². The zero-order valence-electron chi connectivity index (χ0n) is 10.2. The summed E-state index contributed by atoms with van der Waals surface area (Å²) < 4.78 is 0. The quantitative estimate of drug-likeness (QED) is 0.834. The van der Waals surface area contributed by atoms with Crippen molar-refractivity contribution in [2.45, 2.75) is 25.7 Å². The molecule has 1 amide bonds. The van der Waals surface area contributed by atoms with Gasteiger partial charge in [-0.2, -0.15) is 15.4 Å². The Bertz CT molecular complexity index is 555. The normalized spacial score (nSPS) is 16.8. The minimum absolute atomic E-state index is 0.113. The van der Waals surface area contributed by atoms with Crippen molar-refractivity contribution in [3.63, 3.8) is 0 Å². The molecule has 0 atom stereocenters. The number of H-pyrrole nitrogens is 1. The van der Waals surface area contributed by atoms with Gasteiger partial charge in [0, 0.05) is 18.7 Å². The third-order valence-corrected chi connectivity index (χ3v) is 3.46. The van der Waals surface area contributed by atoms with Gasteiger partial charge in [-0.15, -0.1) is 0 Å². The van der Waals surface area contributed by atoms with E-state index in [1.165, 1.54) is 12.8 Å². The lowest BCUT2D eigenvalue weighted by molar-refractivity contribution is 0.0762. The number of benzene rings is 1. The van der Waals surface area contributed by atoms with Crippen LogP contribution in [0.3, 0.4) is 0 Å². The minimum atomic E-state index is 0.113. The van der Waals surface area contributed by atoms with Crippen molar-refractivity contribution in [1.29, 1.82) is 0 Å². The van der Waals surface area contributed by atoms with Crippen LogP contribution in [0.5, 0.6) is 0 Å². The highest BCUT2D eigenvalue weighted by Crippen LogP contribution is 2.16. The molecule has 0 radical (unpaired) electrons. The molecule has 18 heavy (non-hydrogen) atoms. The van der Waals surface area contributed by atoms with Gasteiger partial charge in [0.2, 0.25) is 0 Å². The number of nitrogens with zero attached hydrogens (tertiary/aromatic N) is 3. The molecule has 0 saturated carbocycles. The topological polar surface area (TPSA) is 61.9 Å². The first-order valence-corrected chi connectivity index (χ1v) is 6.44. The molecule has 1 aliphatic heterocycles. The Hall–Kier alpha value is -1.91. The van der Waals surface area contributed by atoms with Gasteiger partial charge in [-0.05, 0) is 31.0 Å². The van der Waals surface area contributed by atoms with Gasteiger partial charge in [-0.25, -0.2) is 0 Å². The fourth-order valence-electron chi connectivity index (χ4n) is 2.43. The SMILES string of the molecule is O=C(c1ccc2n[nH]nc2c1)N1CCCCCC1. The lowest BCUT2D eigenvalue weighted by atomic mass is 10.1. The lowest BCUT2D eigenvalue weighted by Gasteiger charge is -2.20. The van der Waals surface area contributed by atoms with Crippen molar-refractivity contribution >= 4 is 16.9 Å². The van der Waals surface area contributed by atoms with Crippen molar-refractivity contribution in [3.05, 3.63) is 23.8 Å². The van der Waals surface area contributed by atoms with Crippen LogP contribution in [-0.4, -0.2) is 39.3 Å². The third kappa shape index (κ3) is 2.08. The summed E-state index contributed by atoms with van der Waals surface area (Å²) in [6.07, 6.45) is 4.67. The Morgan fingerprint density at radius 2 is 1.78 bits per heavy atom. The standard InChI is InChI=1S/C13H16N4O/c18-13(17-7-3-1-2-4-8-17)10-5-6-11-12(9-10)15-16-14-11/h5-6,9H,1-4,7-8H2,(H,14,15,16). The Morgan fingerprint density at radius 3 is 2.56 bits per heavy atom. The fourth-order valence-corrected chi connectivity index (χ4v) is 2.43. The van der Waals surface area contributed by atoms with E-state index in [-0.39, 0.29) is 5.91 Å². The third-order valence-electron chi connectivity index (χ3n) is 3.46. The molecule has 0 spiro atoms. The van der Waals surface area contributed by atoms with E-state index in [2.05, 4.69) is 15.4 Å². The Morgan fingerprint density at radius 1 is 1.06 bits per heavy atom. The Kier molecular flexibility index (Phi) is 2.96. The number of carbonyl (C=O) groups is 1. The van der Waals surface area contributed by atoms with Gasteiger partial charge in [0.1, 0.15) is 11.0 Å². The van der Waals surface area contributed by atoms with Crippen LogP contribution in [0.1, 0.15) is 36.0 Å². The van der Waals surface area contributed by atoms with Crippen molar-refractivity contribution in [2.75, 3.05) is 13.1 Å². The Labute approximate surface area is 105 Å². The number of nitrogens with one attached hydrogen (secondary N) is 1. The fraction of sp³-hybridized carbons (Fsp3) is 0.462. The van der Waals surface area contributed by atoms with E-state index in [1.54, 1.807) is 0 Å². The molecule has 2 heterocycles. The van der Waals surface area contributed by atoms with Crippen molar-refractivity contribution in [2.24, 2.45) is 0 Å². The van der Waals surface area contributed by atoms with Gasteiger partial charge in [-0.1, -0.05) is 12.8 Å². The van der Waals surface area contributed by atoms with E-state index in [1.807, 2.05) is 23.1 Å². The molecule has 0 unspecified atom stereocenters. The summed E-state index contributed by atoms with van der Waals surface area (Å²) in [7, 11) is 0. The molecule has 5 nitrogen and oxygen atoms in total. The molecule has 94 valence electrons. The summed E-state index contributed by atoms with van der Waals surface area (Å²) >= 11 is 0. The maximum Gasteiger partial charge on any atom is 0.253 e. The molecule has 5 heteroatoms. The van der Waals surface area contributed by atoms with E-state index in [0.717, 1.165) is 37.0 Å². The van der Waals surface area contributed by atoms with E-state index in [4.69, 9.17) is 0 Å². The van der Waals surface area contributed by atoms with Crippen LogP contribution >= 0.6 is 0 Å². The summed E-state index contributed by atoms with van der Waals surface area (Å²) in [6, 6.07) is 5.48. The summed E-state index contributed by atoms with van der Waals surface area (Å²) in [6.45, 7) is 1.74. The second-order valence-corrected chi connectivity index (χ2v) is 4.73. The van der Waals surface area contributed by atoms with Crippen LogP contribution in [0.2, 0.25) is 0 Å². The number of aromatic amines is 1. The van der Waals surface area contributed by atoms with Gasteiger partial charge in [0.05, 0.1) is 0 Å². The van der Waals surface area contributed by atoms with Crippen molar-refractivity contribution in [3.8, 4) is 0 Å². The molecule has 1 N–H and O–H groups in total. The average Bonchev–Trinajstić information content (AvgIpc) is 2.69. The summed E-state index contributed by atoms with van der Waals surface area (Å²) in [5.41, 5.74) is 2.25. The smallest absolute Gasteiger partial charge is 0.253 e. The molecule has 1 fully saturated rings. The van der Waals surface area contributed by atoms with Crippen LogP contribution in [-0.2, 0) is 0 Å². The number of carbonyl (C=O) groups excluding carboxylic acids is 1. The van der Waals surface area contributed by atoms with Crippen LogP contribution in [0.4, 0.5) is 0 Å². The molecule has 2 aromatic rings. The van der Waals surface area contributed by atoms with Gasteiger partial charge >= 0.3 is 0 Å². The predicted molar refractivity (Wildman–Crippen MR) is 68.3 cm³/mol. The number of aromatic nitrogens is 3.